The summed E-state index contributed by atoms with van der Waals surface area (Å²) in [4.78, 5) is 8.54. The van der Waals surface area contributed by atoms with Crippen LogP contribution in [0.15, 0.2) is 79.4 Å². The van der Waals surface area contributed by atoms with Gasteiger partial charge in [0.2, 0.25) is 0 Å². The number of ether oxygens (including phenoxy) is 1. The molecule has 1 atom stereocenters. The summed E-state index contributed by atoms with van der Waals surface area (Å²) in [7, 11) is -0.573. The molecule has 1 aliphatic heterocycles. The Hall–Kier alpha value is -3.55. The molecule has 0 spiro atoms. The Morgan fingerprint density at radius 1 is 0.953 bits per heavy atom. The molecule has 0 bridgehead atoms. The fraction of sp³-hybridized carbons (Fsp3) is 0.310. The monoisotopic (exact) mass is 645 g/mol. The van der Waals surface area contributed by atoms with Crippen LogP contribution in [-0.4, -0.2) is 79.5 Å². The molecule has 1 unspecified atom stereocenters. The van der Waals surface area contributed by atoms with Crippen LogP contribution in [0.1, 0.15) is 5.56 Å². The maximum Gasteiger partial charge on any atom is 0.301 e. The van der Waals surface area contributed by atoms with Crippen LogP contribution in [0, 0.1) is 0 Å². The summed E-state index contributed by atoms with van der Waals surface area (Å²) in [5.41, 5.74) is 1.62. The minimum Gasteiger partial charge on any atom is -0.490 e. The van der Waals surface area contributed by atoms with Crippen molar-refractivity contribution in [1.82, 2.24) is 19.1 Å². The van der Waals surface area contributed by atoms with Crippen molar-refractivity contribution in [2.75, 3.05) is 61.4 Å². The van der Waals surface area contributed by atoms with Gasteiger partial charge in [-0.25, -0.2) is 9.67 Å². The van der Waals surface area contributed by atoms with Gasteiger partial charge in [0.25, 0.3) is 0 Å². The third kappa shape index (κ3) is 7.51. The van der Waals surface area contributed by atoms with E-state index < -0.39 is 15.8 Å². The highest BCUT2D eigenvalue weighted by molar-refractivity contribution is 7.90. The molecule has 3 aromatic carbocycles. The van der Waals surface area contributed by atoms with E-state index in [1.165, 1.54) is 31.4 Å². The van der Waals surface area contributed by atoms with Gasteiger partial charge in [-0.1, -0.05) is 29.3 Å². The molecule has 0 amide bonds. The predicted octanol–water partition coefficient (Wildman–Crippen LogP) is 4.10. The van der Waals surface area contributed by atoms with E-state index in [9.17, 15) is 13.5 Å². The van der Waals surface area contributed by atoms with E-state index in [0.717, 1.165) is 41.9 Å². The summed E-state index contributed by atoms with van der Waals surface area (Å²) < 4.78 is 35.4. The molecule has 1 saturated heterocycles. The maximum atomic E-state index is 12.1. The fourth-order valence-corrected chi connectivity index (χ4v) is 6.02. The zero-order valence-corrected chi connectivity index (χ0v) is 26.1. The highest BCUT2D eigenvalue weighted by atomic mass is 35.5. The lowest BCUT2D eigenvalue weighted by Crippen LogP contribution is -2.46. The normalized spacial score (nSPS) is 15.4. The minimum absolute atomic E-state index is 0.0678. The second-order valence-corrected chi connectivity index (χ2v) is 13.2. The predicted molar refractivity (Wildman–Crippen MR) is 169 cm³/mol. The number of aromatic nitrogens is 3. The van der Waals surface area contributed by atoms with Gasteiger partial charge in [0, 0.05) is 72.9 Å². The Labute approximate surface area is 261 Å². The Bertz CT molecular complexity index is 1610. The number of halogens is 2. The molecule has 1 aliphatic rings. The van der Waals surface area contributed by atoms with Crippen LogP contribution in [0.5, 0.6) is 5.75 Å². The number of nitrogens with one attached hydrogen (secondary N) is 1. The Morgan fingerprint density at radius 3 is 2.09 bits per heavy atom. The fourth-order valence-electron chi connectivity index (χ4n) is 4.82. The molecule has 2 heterocycles. The number of piperazine rings is 1. The van der Waals surface area contributed by atoms with Crippen molar-refractivity contribution in [3.05, 3.63) is 95.0 Å². The number of nitrogens with zero attached hydrogens (tertiary/aromatic N) is 6. The van der Waals surface area contributed by atoms with E-state index in [1.807, 2.05) is 36.4 Å². The zero-order valence-electron chi connectivity index (χ0n) is 23.8. The van der Waals surface area contributed by atoms with Gasteiger partial charge in [0.15, 0.2) is 0 Å². The second-order valence-electron chi connectivity index (χ2n) is 10.4. The maximum absolute atomic E-state index is 12.1. The third-order valence-electron chi connectivity index (χ3n) is 7.24. The molecule has 14 heteroatoms. The topological polar surface area (TPSA) is 116 Å². The Kier molecular flexibility index (Phi) is 9.33. The standard InChI is InChI=1S/C29H33Cl2N7O4S/c1-35(2)43(40,41)34-23-4-6-24(7-5-23)36-13-15-37(16-14-36)25-8-10-26(11-9-25)42-19-29(39,18-38-21-32-20-33-38)27-12-3-22(30)17-28(27)31/h3-12,17,20-21,34,39H,13-16,18-19H2,1-2H3. The lowest BCUT2D eigenvalue weighted by Gasteiger charge is -2.37. The van der Waals surface area contributed by atoms with Gasteiger partial charge in [0.1, 0.15) is 30.6 Å². The Morgan fingerprint density at radius 2 is 1.56 bits per heavy atom. The van der Waals surface area contributed by atoms with E-state index in [2.05, 4.69) is 24.6 Å². The molecule has 0 aliphatic carbocycles. The minimum atomic E-state index is -3.54. The van der Waals surface area contributed by atoms with Gasteiger partial charge >= 0.3 is 10.2 Å². The van der Waals surface area contributed by atoms with Gasteiger partial charge in [-0.3, -0.25) is 4.72 Å². The molecule has 1 aromatic heterocycles. The summed E-state index contributed by atoms with van der Waals surface area (Å²) in [6.45, 7) is 3.30. The molecular weight excluding hydrogens is 613 g/mol. The average Bonchev–Trinajstić information content (AvgIpc) is 3.49. The largest absolute Gasteiger partial charge is 0.490 e. The molecule has 1 fully saturated rings. The molecule has 0 radical (unpaired) electrons. The van der Waals surface area contributed by atoms with Crippen molar-refractivity contribution in [3.8, 4) is 5.75 Å². The van der Waals surface area contributed by atoms with Crippen molar-refractivity contribution in [2.24, 2.45) is 0 Å². The Balaban J connectivity index is 1.18. The molecule has 228 valence electrons. The lowest BCUT2D eigenvalue weighted by atomic mass is 9.94. The quantitative estimate of drug-likeness (QED) is 0.251. The van der Waals surface area contributed by atoms with Crippen LogP contribution in [0.2, 0.25) is 10.0 Å². The zero-order chi connectivity index (χ0) is 30.6. The van der Waals surface area contributed by atoms with Crippen LogP contribution >= 0.6 is 23.2 Å². The van der Waals surface area contributed by atoms with Crippen LogP contribution in [0.3, 0.4) is 0 Å². The highest BCUT2D eigenvalue weighted by Crippen LogP contribution is 2.33. The van der Waals surface area contributed by atoms with Crippen molar-refractivity contribution in [1.29, 1.82) is 0 Å². The number of hydrogen-bond donors (Lipinski definition) is 2. The van der Waals surface area contributed by atoms with Gasteiger partial charge < -0.3 is 19.6 Å². The van der Waals surface area contributed by atoms with E-state index in [0.29, 0.717) is 27.0 Å². The molecule has 2 N–H and O–H groups in total. The van der Waals surface area contributed by atoms with Crippen LogP contribution < -0.4 is 19.3 Å². The first-order chi connectivity index (χ1) is 20.5. The van der Waals surface area contributed by atoms with Crippen molar-refractivity contribution in [2.45, 2.75) is 12.1 Å². The number of hydrogen-bond acceptors (Lipinski definition) is 8. The van der Waals surface area contributed by atoms with Crippen molar-refractivity contribution >= 4 is 50.5 Å². The first-order valence-electron chi connectivity index (χ1n) is 13.6. The lowest BCUT2D eigenvalue weighted by molar-refractivity contribution is -0.0269. The number of aliphatic hydroxyl groups is 1. The summed E-state index contributed by atoms with van der Waals surface area (Å²) in [6.07, 6.45) is 2.92. The van der Waals surface area contributed by atoms with Gasteiger partial charge in [-0.05, 0) is 60.7 Å². The SMILES string of the molecule is CN(C)S(=O)(=O)Nc1ccc(N2CCN(c3ccc(OCC(O)(Cn4cncn4)c4ccc(Cl)cc4Cl)cc3)CC2)cc1. The summed E-state index contributed by atoms with van der Waals surface area (Å²) in [5, 5.41) is 16.6. The second kappa shape index (κ2) is 13.0. The van der Waals surface area contributed by atoms with E-state index in [-0.39, 0.29) is 13.2 Å². The molecule has 4 aromatic rings. The van der Waals surface area contributed by atoms with Crippen LogP contribution in [-0.2, 0) is 22.4 Å². The van der Waals surface area contributed by atoms with Gasteiger partial charge in [-0.15, -0.1) is 0 Å². The van der Waals surface area contributed by atoms with Gasteiger partial charge in [0.05, 0.1) is 6.54 Å². The number of rotatable bonds is 11. The number of benzene rings is 3. The van der Waals surface area contributed by atoms with Crippen molar-refractivity contribution < 1.29 is 18.3 Å². The molecule has 5 rings (SSSR count). The third-order valence-corrected chi connectivity index (χ3v) is 9.24. The summed E-state index contributed by atoms with van der Waals surface area (Å²) >= 11 is 12.5. The highest BCUT2D eigenvalue weighted by Gasteiger charge is 2.34. The van der Waals surface area contributed by atoms with E-state index >= 15 is 0 Å². The average molecular weight is 647 g/mol. The van der Waals surface area contributed by atoms with Crippen molar-refractivity contribution in [3.63, 3.8) is 0 Å². The molecule has 0 saturated carbocycles. The van der Waals surface area contributed by atoms with E-state index in [1.54, 1.807) is 30.3 Å². The van der Waals surface area contributed by atoms with E-state index in [4.69, 9.17) is 27.9 Å². The van der Waals surface area contributed by atoms with Crippen LogP contribution in [0.4, 0.5) is 17.1 Å². The first-order valence-corrected chi connectivity index (χ1v) is 15.8. The smallest absolute Gasteiger partial charge is 0.301 e. The molecular formula is C29H33Cl2N7O4S. The molecule has 43 heavy (non-hydrogen) atoms. The first kappa shape index (κ1) is 30.9. The number of anilines is 3. The van der Waals surface area contributed by atoms with Crippen LogP contribution in [0.25, 0.3) is 0 Å². The molecule has 11 nitrogen and oxygen atoms in total. The van der Waals surface area contributed by atoms with Gasteiger partial charge in [-0.2, -0.15) is 17.8 Å². The summed E-state index contributed by atoms with van der Waals surface area (Å²) in [6, 6.07) is 20.1. The summed E-state index contributed by atoms with van der Waals surface area (Å²) in [5.74, 6) is 0.606.